The van der Waals surface area contributed by atoms with E-state index >= 15 is 0 Å². The van der Waals surface area contributed by atoms with Gasteiger partial charge in [-0.1, -0.05) is 6.07 Å². The molecule has 1 aromatic heterocycles. The summed E-state index contributed by atoms with van der Waals surface area (Å²) in [6.45, 7) is 2.89. The third kappa shape index (κ3) is 4.49. The predicted molar refractivity (Wildman–Crippen MR) is 80.2 cm³/mol. The molecule has 1 heterocycles. The van der Waals surface area contributed by atoms with E-state index in [-0.39, 0.29) is 18.4 Å². The Morgan fingerprint density at radius 3 is 3.00 bits per heavy atom. The summed E-state index contributed by atoms with van der Waals surface area (Å²) in [4.78, 5) is 12.1. The maximum atomic E-state index is 13.3. The molecule has 2 rings (SSSR count). The molecule has 0 aliphatic carbocycles. The number of carbonyl (C=O) groups excluding carboxylic acids is 1. The summed E-state index contributed by atoms with van der Waals surface area (Å²) in [5.41, 5.74) is 0.478. The summed E-state index contributed by atoms with van der Waals surface area (Å²) in [6, 6.07) is 3.52. The van der Waals surface area contributed by atoms with E-state index in [0.717, 1.165) is 6.07 Å². The fourth-order valence-electron chi connectivity index (χ4n) is 2.16. The first-order chi connectivity index (χ1) is 11.0. The normalized spacial score (nSPS) is 12.1. The van der Waals surface area contributed by atoms with E-state index in [2.05, 4.69) is 15.5 Å². The van der Waals surface area contributed by atoms with Gasteiger partial charge in [0, 0.05) is 13.7 Å². The summed E-state index contributed by atoms with van der Waals surface area (Å²) in [7, 11) is 1.60. The zero-order valence-electron chi connectivity index (χ0n) is 13.0. The van der Waals surface area contributed by atoms with E-state index in [1.807, 2.05) is 0 Å². The Hall–Kier alpha value is -2.48. The van der Waals surface area contributed by atoms with Gasteiger partial charge in [-0.05, 0) is 24.6 Å². The molecule has 0 bridgehead atoms. The first kappa shape index (κ1) is 16.9. The average molecular weight is 322 g/mol. The first-order valence-corrected chi connectivity index (χ1v) is 7.14. The number of amides is 1. The molecule has 0 radical (unpaired) electrons. The zero-order valence-corrected chi connectivity index (χ0v) is 13.0. The Bertz CT molecular complexity index is 674. The molecule has 0 fully saturated rings. The van der Waals surface area contributed by atoms with Crippen molar-refractivity contribution in [1.29, 1.82) is 0 Å². The highest BCUT2D eigenvalue weighted by molar-refractivity contribution is 5.78. The van der Waals surface area contributed by atoms with Gasteiger partial charge in [-0.3, -0.25) is 4.79 Å². The van der Waals surface area contributed by atoms with Crippen molar-refractivity contribution < 1.29 is 19.0 Å². The number of nitrogens with one attached hydrogen (secondary N) is 1. The van der Waals surface area contributed by atoms with Crippen molar-refractivity contribution in [2.75, 3.05) is 13.7 Å². The van der Waals surface area contributed by atoms with Gasteiger partial charge < -0.3 is 19.7 Å². The molecule has 0 saturated heterocycles. The fraction of sp³-hybridized carbons (Fsp3) is 0.400. The quantitative estimate of drug-likeness (QED) is 0.799. The standard InChI is InChI=1S/C15H19FN4O3/c1-10(15-19-17-9-20(15)5-6-23-2)18-14(22)8-11-3-4-13(21)12(16)7-11/h3-4,7,9-10,21H,5-6,8H2,1-2H3,(H,18,22). The Labute approximate surface area is 133 Å². The van der Waals surface area contributed by atoms with Crippen molar-refractivity contribution in [2.24, 2.45) is 0 Å². The number of phenols is 1. The number of methoxy groups -OCH3 is 1. The highest BCUT2D eigenvalue weighted by Gasteiger charge is 2.16. The maximum absolute atomic E-state index is 13.3. The lowest BCUT2D eigenvalue weighted by Crippen LogP contribution is -2.30. The molecule has 124 valence electrons. The van der Waals surface area contributed by atoms with Gasteiger partial charge in [-0.25, -0.2) is 4.39 Å². The first-order valence-electron chi connectivity index (χ1n) is 7.14. The van der Waals surface area contributed by atoms with Crippen LogP contribution < -0.4 is 5.32 Å². The molecule has 0 aliphatic heterocycles. The lowest BCUT2D eigenvalue weighted by molar-refractivity contribution is -0.121. The zero-order chi connectivity index (χ0) is 16.8. The average Bonchev–Trinajstić information content (AvgIpc) is 2.97. The van der Waals surface area contributed by atoms with Crippen molar-refractivity contribution in [2.45, 2.75) is 25.9 Å². The van der Waals surface area contributed by atoms with Crippen LogP contribution in [0.3, 0.4) is 0 Å². The van der Waals surface area contributed by atoms with Crippen LogP contribution >= 0.6 is 0 Å². The Kier molecular flexibility index (Phi) is 5.64. The lowest BCUT2D eigenvalue weighted by atomic mass is 10.1. The van der Waals surface area contributed by atoms with Crippen LogP contribution in [0.2, 0.25) is 0 Å². The number of aromatic hydroxyl groups is 1. The fourth-order valence-corrected chi connectivity index (χ4v) is 2.16. The molecule has 1 aromatic carbocycles. The second-order valence-electron chi connectivity index (χ2n) is 5.13. The number of phenolic OH excluding ortho intramolecular Hbond substituents is 1. The lowest BCUT2D eigenvalue weighted by Gasteiger charge is -2.14. The second kappa shape index (κ2) is 7.68. The predicted octanol–water partition coefficient (Wildman–Crippen LogP) is 1.19. The van der Waals surface area contributed by atoms with Crippen LogP contribution in [0.15, 0.2) is 24.5 Å². The summed E-state index contributed by atoms with van der Waals surface area (Å²) in [5, 5.41) is 19.8. The largest absolute Gasteiger partial charge is 0.505 e. The molecule has 23 heavy (non-hydrogen) atoms. The van der Waals surface area contributed by atoms with Crippen LogP contribution in [0, 0.1) is 5.82 Å². The number of aromatic nitrogens is 3. The number of rotatable bonds is 7. The number of nitrogens with zero attached hydrogens (tertiary/aromatic N) is 3. The van der Waals surface area contributed by atoms with E-state index < -0.39 is 11.6 Å². The van der Waals surface area contributed by atoms with E-state index in [1.165, 1.54) is 12.1 Å². The molecule has 0 saturated carbocycles. The van der Waals surface area contributed by atoms with Crippen molar-refractivity contribution in [3.05, 3.63) is 41.7 Å². The van der Waals surface area contributed by atoms with Gasteiger partial charge in [0.15, 0.2) is 17.4 Å². The third-order valence-electron chi connectivity index (χ3n) is 3.32. The molecule has 2 N–H and O–H groups in total. The van der Waals surface area contributed by atoms with Gasteiger partial charge in [-0.15, -0.1) is 10.2 Å². The molecule has 0 spiro atoms. The van der Waals surface area contributed by atoms with Gasteiger partial charge in [0.1, 0.15) is 6.33 Å². The van der Waals surface area contributed by atoms with Crippen LogP contribution in [-0.4, -0.2) is 39.5 Å². The number of halogens is 1. The molecular weight excluding hydrogens is 303 g/mol. The minimum absolute atomic E-state index is 0.00769. The van der Waals surface area contributed by atoms with Crippen molar-refractivity contribution in [3.63, 3.8) is 0 Å². The van der Waals surface area contributed by atoms with Crippen molar-refractivity contribution in [3.8, 4) is 5.75 Å². The van der Waals surface area contributed by atoms with Gasteiger partial charge in [0.05, 0.1) is 19.1 Å². The minimum Gasteiger partial charge on any atom is -0.505 e. The van der Waals surface area contributed by atoms with Crippen LogP contribution in [-0.2, 0) is 22.5 Å². The van der Waals surface area contributed by atoms with Gasteiger partial charge in [-0.2, -0.15) is 0 Å². The number of hydrogen-bond acceptors (Lipinski definition) is 5. The second-order valence-corrected chi connectivity index (χ2v) is 5.13. The summed E-state index contributed by atoms with van der Waals surface area (Å²) in [5.74, 6) is -0.840. The molecule has 1 atom stereocenters. The van der Waals surface area contributed by atoms with Crippen molar-refractivity contribution >= 4 is 5.91 Å². The van der Waals surface area contributed by atoms with Crippen LogP contribution in [0.4, 0.5) is 4.39 Å². The minimum atomic E-state index is -0.748. The smallest absolute Gasteiger partial charge is 0.225 e. The molecule has 1 amide bonds. The number of hydrogen-bond donors (Lipinski definition) is 2. The van der Waals surface area contributed by atoms with Gasteiger partial charge in [0.2, 0.25) is 5.91 Å². The van der Waals surface area contributed by atoms with Gasteiger partial charge >= 0.3 is 0 Å². The van der Waals surface area contributed by atoms with Gasteiger partial charge in [0.25, 0.3) is 0 Å². The van der Waals surface area contributed by atoms with Crippen LogP contribution in [0.1, 0.15) is 24.4 Å². The SMILES string of the molecule is COCCn1cnnc1C(C)NC(=O)Cc1ccc(O)c(F)c1. The topological polar surface area (TPSA) is 89.3 Å². The van der Waals surface area contributed by atoms with E-state index in [4.69, 9.17) is 9.84 Å². The number of ether oxygens (including phenoxy) is 1. The van der Waals surface area contributed by atoms with Crippen LogP contribution in [0.5, 0.6) is 5.75 Å². The monoisotopic (exact) mass is 322 g/mol. The Balaban J connectivity index is 1.96. The molecule has 2 aromatic rings. The molecule has 1 unspecified atom stereocenters. The molecule has 0 aliphatic rings. The highest BCUT2D eigenvalue weighted by atomic mass is 19.1. The highest BCUT2D eigenvalue weighted by Crippen LogP contribution is 2.17. The van der Waals surface area contributed by atoms with E-state index in [1.54, 1.807) is 24.9 Å². The number of benzene rings is 1. The molecule has 8 heteroatoms. The molecule has 7 nitrogen and oxygen atoms in total. The summed E-state index contributed by atoms with van der Waals surface area (Å²) in [6.07, 6.45) is 1.58. The summed E-state index contributed by atoms with van der Waals surface area (Å²) >= 11 is 0. The van der Waals surface area contributed by atoms with Crippen molar-refractivity contribution in [1.82, 2.24) is 20.1 Å². The maximum Gasteiger partial charge on any atom is 0.225 e. The Morgan fingerprint density at radius 2 is 2.30 bits per heavy atom. The van der Waals surface area contributed by atoms with Crippen LogP contribution in [0.25, 0.3) is 0 Å². The molecular formula is C15H19FN4O3. The number of carbonyl (C=O) groups is 1. The van der Waals surface area contributed by atoms with E-state index in [0.29, 0.717) is 24.5 Å². The van der Waals surface area contributed by atoms with E-state index in [9.17, 15) is 9.18 Å². The summed E-state index contributed by atoms with van der Waals surface area (Å²) < 4.78 is 20.1. The Morgan fingerprint density at radius 1 is 1.52 bits per heavy atom. The third-order valence-corrected chi connectivity index (χ3v) is 3.32.